The third-order valence-corrected chi connectivity index (χ3v) is 7.89. The Balaban J connectivity index is 1.18. The van der Waals surface area contributed by atoms with Gasteiger partial charge in [-0.15, -0.1) is 11.3 Å². The van der Waals surface area contributed by atoms with Gasteiger partial charge in [-0.2, -0.15) is 0 Å². The highest BCUT2D eigenvalue weighted by molar-refractivity contribution is 7.10. The van der Waals surface area contributed by atoms with Gasteiger partial charge in [0.15, 0.2) is 0 Å². The summed E-state index contributed by atoms with van der Waals surface area (Å²) >= 11 is 1.42. The molecule has 1 aromatic heterocycles. The fourth-order valence-corrected chi connectivity index (χ4v) is 5.82. The van der Waals surface area contributed by atoms with Crippen molar-refractivity contribution in [2.24, 2.45) is 5.73 Å². The zero-order valence-corrected chi connectivity index (χ0v) is 21.5. The molecule has 3 aromatic rings. The number of hydrogen-bond donors (Lipinski definition) is 4. The number of amidine groups is 1. The van der Waals surface area contributed by atoms with Gasteiger partial charge in [0.25, 0.3) is 5.91 Å². The molecule has 2 fully saturated rings. The molecule has 10 heteroatoms. The van der Waals surface area contributed by atoms with Gasteiger partial charge in [-0.1, -0.05) is 18.2 Å². The van der Waals surface area contributed by atoms with E-state index in [0.717, 1.165) is 17.7 Å². The van der Waals surface area contributed by atoms with Crippen molar-refractivity contribution in [3.05, 3.63) is 82.0 Å². The van der Waals surface area contributed by atoms with Crippen molar-refractivity contribution < 1.29 is 19.1 Å². The molecule has 9 nitrogen and oxygen atoms in total. The molecule has 196 valence electrons. The molecule has 38 heavy (non-hydrogen) atoms. The summed E-state index contributed by atoms with van der Waals surface area (Å²) in [5.74, 6) is 0.529. The molecule has 3 heterocycles. The molecule has 3 atom stereocenters. The molecule has 0 unspecified atom stereocenters. The Morgan fingerprint density at radius 1 is 1.00 bits per heavy atom. The number of rotatable bonds is 8. The number of nitrogens with two attached hydrogens (primary N) is 1. The fourth-order valence-electron chi connectivity index (χ4n) is 5.00. The summed E-state index contributed by atoms with van der Waals surface area (Å²) in [6.45, 7) is 0.310. The molecule has 0 aliphatic carbocycles. The van der Waals surface area contributed by atoms with Gasteiger partial charge in [0.2, 0.25) is 11.8 Å². The van der Waals surface area contributed by atoms with E-state index >= 15 is 0 Å². The zero-order chi connectivity index (χ0) is 26.6. The largest absolute Gasteiger partial charge is 0.457 e. The number of nitrogens with one attached hydrogen (secondary N) is 3. The van der Waals surface area contributed by atoms with E-state index in [4.69, 9.17) is 15.9 Å². The maximum absolute atomic E-state index is 13.4. The van der Waals surface area contributed by atoms with Crippen LogP contribution in [0.3, 0.4) is 0 Å². The van der Waals surface area contributed by atoms with Crippen LogP contribution in [0, 0.1) is 5.41 Å². The first-order valence-corrected chi connectivity index (χ1v) is 13.4. The van der Waals surface area contributed by atoms with E-state index in [2.05, 4.69) is 10.6 Å². The average molecular weight is 532 g/mol. The molecular formula is C28H29N5O4S. The molecule has 0 saturated carbocycles. The number of piperidine rings is 1. The molecule has 2 saturated heterocycles. The van der Waals surface area contributed by atoms with Gasteiger partial charge in [-0.3, -0.25) is 19.8 Å². The molecule has 2 aliphatic rings. The minimum Gasteiger partial charge on any atom is -0.457 e. The number of fused-ring (bicyclic) bond motifs is 1. The lowest BCUT2D eigenvalue weighted by Gasteiger charge is -2.37. The van der Waals surface area contributed by atoms with Gasteiger partial charge in [0.1, 0.15) is 29.4 Å². The van der Waals surface area contributed by atoms with E-state index in [1.54, 1.807) is 40.6 Å². The average Bonchev–Trinajstić information content (AvgIpc) is 3.58. The number of para-hydroxylation sites is 1. The van der Waals surface area contributed by atoms with Crippen LogP contribution < -0.4 is 21.1 Å². The first-order valence-electron chi connectivity index (χ1n) is 12.5. The highest BCUT2D eigenvalue weighted by atomic mass is 32.1. The van der Waals surface area contributed by atoms with E-state index in [1.165, 1.54) is 11.3 Å². The van der Waals surface area contributed by atoms with Gasteiger partial charge in [0.05, 0.1) is 6.54 Å². The van der Waals surface area contributed by atoms with Crippen molar-refractivity contribution in [1.29, 1.82) is 5.41 Å². The Morgan fingerprint density at radius 3 is 2.42 bits per heavy atom. The van der Waals surface area contributed by atoms with Gasteiger partial charge in [0, 0.05) is 27.4 Å². The smallest absolute Gasteiger partial charge is 0.251 e. The Labute approximate surface area is 224 Å². The van der Waals surface area contributed by atoms with Crippen molar-refractivity contribution in [2.75, 3.05) is 0 Å². The number of nitrogen functional groups attached to an aromatic ring is 1. The van der Waals surface area contributed by atoms with Crippen LogP contribution in [0.25, 0.3) is 0 Å². The normalized spacial score (nSPS) is 20.5. The lowest BCUT2D eigenvalue weighted by Crippen LogP contribution is -2.58. The van der Waals surface area contributed by atoms with Crippen molar-refractivity contribution in [1.82, 2.24) is 15.5 Å². The van der Waals surface area contributed by atoms with Gasteiger partial charge >= 0.3 is 0 Å². The molecule has 0 radical (unpaired) electrons. The first kappa shape index (κ1) is 25.5. The van der Waals surface area contributed by atoms with Crippen molar-refractivity contribution in [2.45, 2.75) is 50.4 Å². The predicted octanol–water partition coefficient (Wildman–Crippen LogP) is 3.39. The van der Waals surface area contributed by atoms with Crippen LogP contribution in [0.2, 0.25) is 0 Å². The Kier molecular flexibility index (Phi) is 7.41. The number of benzene rings is 2. The molecule has 2 aliphatic heterocycles. The van der Waals surface area contributed by atoms with Crippen LogP contribution in [0.5, 0.6) is 11.5 Å². The van der Waals surface area contributed by atoms with E-state index in [-0.39, 0.29) is 29.6 Å². The van der Waals surface area contributed by atoms with E-state index in [1.807, 2.05) is 30.3 Å². The van der Waals surface area contributed by atoms with Crippen LogP contribution in [0.4, 0.5) is 0 Å². The molecule has 5 rings (SSSR count). The summed E-state index contributed by atoms with van der Waals surface area (Å²) in [4.78, 5) is 41.8. The van der Waals surface area contributed by atoms with Gasteiger partial charge in [-0.25, -0.2) is 0 Å². The number of thiophene rings is 1. The molecule has 2 aromatic carbocycles. The molecule has 0 spiro atoms. The molecule has 5 N–H and O–H groups in total. The zero-order valence-electron chi connectivity index (χ0n) is 20.7. The third kappa shape index (κ3) is 5.55. The minimum atomic E-state index is -0.678. The fraction of sp³-hybridized carbons (Fsp3) is 0.286. The van der Waals surface area contributed by atoms with E-state index < -0.39 is 12.1 Å². The lowest BCUT2D eigenvalue weighted by molar-refractivity contribution is -0.144. The maximum atomic E-state index is 13.4. The van der Waals surface area contributed by atoms with E-state index in [9.17, 15) is 14.4 Å². The molecule has 3 amide bonds. The van der Waals surface area contributed by atoms with Crippen molar-refractivity contribution in [3.63, 3.8) is 0 Å². The monoisotopic (exact) mass is 531 g/mol. The lowest BCUT2D eigenvalue weighted by atomic mass is 9.97. The Morgan fingerprint density at radius 2 is 1.71 bits per heavy atom. The standard InChI is InChI=1S/C28H29N5O4S/c29-25(30)18-14-22(38-16-18)15-31-27(35)24-13-9-19-8-12-23(28(36)33(19)24)32-26(34)17-6-10-21(11-7-17)37-20-4-2-1-3-5-20/h1-7,10-11,14,16,19,23-24H,8-9,12-13,15H2,(H3,29,30)(H,31,35)(H,32,34)/t19-,23-,24-/m0/s1. The van der Waals surface area contributed by atoms with Crippen LogP contribution in [0.15, 0.2) is 66.0 Å². The van der Waals surface area contributed by atoms with Crippen LogP contribution in [0.1, 0.15) is 46.5 Å². The number of nitrogens with zero attached hydrogens (tertiary/aromatic N) is 1. The SMILES string of the molecule is N=C(N)c1csc(CNC(=O)[C@@H]2CC[C@@H]3CC[C@H](NC(=O)c4ccc(Oc5ccccc5)cc4)C(=O)N32)c1. The summed E-state index contributed by atoms with van der Waals surface area (Å²) in [6, 6.07) is 16.7. The molecule has 0 bridgehead atoms. The first-order chi connectivity index (χ1) is 18.4. The number of carbonyl (C=O) groups excluding carboxylic acids is 3. The van der Waals surface area contributed by atoms with E-state index in [0.29, 0.717) is 42.0 Å². The Hall–Kier alpha value is -4.18. The van der Waals surface area contributed by atoms with Crippen molar-refractivity contribution >= 4 is 34.9 Å². The van der Waals surface area contributed by atoms with Crippen LogP contribution >= 0.6 is 11.3 Å². The number of amides is 3. The summed E-state index contributed by atoms with van der Waals surface area (Å²) in [5, 5.41) is 15.1. The number of carbonyl (C=O) groups is 3. The highest BCUT2D eigenvalue weighted by Crippen LogP contribution is 2.33. The quantitative estimate of drug-likeness (QED) is 0.261. The topological polar surface area (TPSA) is 138 Å². The third-order valence-electron chi connectivity index (χ3n) is 6.95. The second kappa shape index (κ2) is 11.1. The maximum Gasteiger partial charge on any atom is 0.251 e. The molecular weight excluding hydrogens is 502 g/mol. The highest BCUT2D eigenvalue weighted by Gasteiger charge is 2.46. The number of ether oxygens (including phenoxy) is 1. The van der Waals surface area contributed by atoms with Crippen LogP contribution in [-0.4, -0.2) is 46.6 Å². The summed E-state index contributed by atoms with van der Waals surface area (Å²) in [5.41, 5.74) is 6.57. The summed E-state index contributed by atoms with van der Waals surface area (Å²) < 4.78 is 5.78. The summed E-state index contributed by atoms with van der Waals surface area (Å²) in [7, 11) is 0. The Bertz CT molecular complexity index is 1340. The predicted molar refractivity (Wildman–Crippen MR) is 144 cm³/mol. The van der Waals surface area contributed by atoms with Gasteiger partial charge < -0.3 is 26.0 Å². The number of hydrogen-bond acceptors (Lipinski definition) is 6. The summed E-state index contributed by atoms with van der Waals surface area (Å²) in [6.07, 6.45) is 2.63. The second-order valence-electron chi connectivity index (χ2n) is 9.47. The second-order valence-corrected chi connectivity index (χ2v) is 10.5. The van der Waals surface area contributed by atoms with Crippen molar-refractivity contribution in [3.8, 4) is 11.5 Å². The van der Waals surface area contributed by atoms with Crippen LogP contribution in [-0.2, 0) is 16.1 Å². The van der Waals surface area contributed by atoms with Gasteiger partial charge in [-0.05, 0) is 68.1 Å². The minimum absolute atomic E-state index is 0.00636.